The summed E-state index contributed by atoms with van der Waals surface area (Å²) in [7, 11) is 0. The first-order chi connectivity index (χ1) is 8.80. The van der Waals surface area contributed by atoms with Gasteiger partial charge in [-0.15, -0.1) is 0 Å². The quantitative estimate of drug-likeness (QED) is 0.814. The summed E-state index contributed by atoms with van der Waals surface area (Å²) in [6.07, 6.45) is 0. The van der Waals surface area contributed by atoms with Crippen molar-refractivity contribution in [1.29, 1.82) is 0 Å². The van der Waals surface area contributed by atoms with Gasteiger partial charge in [0.2, 0.25) is 0 Å². The second-order valence-corrected chi connectivity index (χ2v) is 6.86. The molecule has 1 aliphatic rings. The third-order valence-electron chi connectivity index (χ3n) is 3.65. The van der Waals surface area contributed by atoms with Gasteiger partial charge in [0, 0.05) is 31.9 Å². The Labute approximate surface area is 116 Å². The third kappa shape index (κ3) is 3.48. The number of benzene rings is 1. The van der Waals surface area contributed by atoms with Crippen molar-refractivity contribution >= 4 is 5.69 Å². The maximum atomic E-state index is 10.4. The van der Waals surface area contributed by atoms with Gasteiger partial charge in [-0.25, -0.2) is 0 Å². The van der Waals surface area contributed by atoms with E-state index in [1.807, 2.05) is 6.92 Å². The van der Waals surface area contributed by atoms with Crippen LogP contribution in [0.5, 0.6) is 0 Å². The molecule has 0 amide bonds. The van der Waals surface area contributed by atoms with Crippen LogP contribution < -0.4 is 10.2 Å². The highest BCUT2D eigenvalue weighted by Crippen LogP contribution is 2.32. The molecule has 0 aliphatic carbocycles. The molecule has 1 unspecified atom stereocenters. The summed E-state index contributed by atoms with van der Waals surface area (Å²) in [5, 5.41) is 13.7. The van der Waals surface area contributed by atoms with Crippen molar-refractivity contribution in [3.8, 4) is 0 Å². The number of rotatable bonds is 1. The zero-order valence-electron chi connectivity index (χ0n) is 12.5. The first kappa shape index (κ1) is 14.4. The molecule has 0 aromatic heterocycles. The average molecular weight is 262 g/mol. The van der Waals surface area contributed by atoms with Gasteiger partial charge in [-0.2, -0.15) is 0 Å². The van der Waals surface area contributed by atoms with Crippen molar-refractivity contribution in [2.75, 3.05) is 31.1 Å². The fourth-order valence-corrected chi connectivity index (χ4v) is 2.71. The zero-order valence-corrected chi connectivity index (χ0v) is 12.5. The summed E-state index contributed by atoms with van der Waals surface area (Å²) in [6.45, 7) is 11.8. The number of hydrogen-bond acceptors (Lipinski definition) is 3. The monoisotopic (exact) mass is 262 g/mol. The molecular formula is C16H26N2O. The van der Waals surface area contributed by atoms with E-state index in [1.165, 1.54) is 11.3 Å². The summed E-state index contributed by atoms with van der Waals surface area (Å²) < 4.78 is 0. The normalized spacial score (nSPS) is 25.2. The first-order valence-electron chi connectivity index (χ1n) is 7.07. The van der Waals surface area contributed by atoms with Crippen molar-refractivity contribution in [2.45, 2.75) is 38.7 Å². The fourth-order valence-electron chi connectivity index (χ4n) is 2.71. The summed E-state index contributed by atoms with van der Waals surface area (Å²) >= 11 is 0. The van der Waals surface area contributed by atoms with E-state index in [2.05, 4.69) is 55.3 Å². The summed E-state index contributed by atoms with van der Waals surface area (Å²) in [5.41, 5.74) is 2.02. The number of aliphatic hydroxyl groups is 1. The minimum absolute atomic E-state index is 0.113. The predicted octanol–water partition coefficient (Wildman–Crippen LogP) is 2.14. The molecule has 19 heavy (non-hydrogen) atoms. The predicted molar refractivity (Wildman–Crippen MR) is 80.8 cm³/mol. The zero-order chi connectivity index (χ0) is 14.1. The SMILES string of the molecule is CC1(O)CNCCN(c2ccccc2C(C)(C)C)C1. The lowest BCUT2D eigenvalue weighted by molar-refractivity contribution is 0.0729. The van der Waals surface area contributed by atoms with Gasteiger partial charge in [-0.3, -0.25) is 0 Å². The van der Waals surface area contributed by atoms with E-state index in [0.717, 1.165) is 13.1 Å². The molecule has 0 saturated carbocycles. The van der Waals surface area contributed by atoms with Gasteiger partial charge < -0.3 is 15.3 Å². The van der Waals surface area contributed by atoms with Gasteiger partial charge >= 0.3 is 0 Å². The highest BCUT2D eigenvalue weighted by Gasteiger charge is 2.29. The van der Waals surface area contributed by atoms with Crippen LogP contribution in [0.2, 0.25) is 0 Å². The van der Waals surface area contributed by atoms with Gasteiger partial charge in [0.15, 0.2) is 0 Å². The maximum Gasteiger partial charge on any atom is 0.0917 e. The molecule has 1 aliphatic heterocycles. The molecule has 0 radical (unpaired) electrons. The maximum absolute atomic E-state index is 10.4. The van der Waals surface area contributed by atoms with Crippen molar-refractivity contribution in [2.24, 2.45) is 0 Å². The number of nitrogens with one attached hydrogen (secondary N) is 1. The number of β-amino-alcohol motifs (C(OH)–C–C–N with tert-alkyl or cyclic N) is 1. The van der Waals surface area contributed by atoms with Crippen molar-refractivity contribution in [3.05, 3.63) is 29.8 Å². The van der Waals surface area contributed by atoms with Crippen LogP contribution in [0.1, 0.15) is 33.3 Å². The van der Waals surface area contributed by atoms with E-state index in [0.29, 0.717) is 13.1 Å². The van der Waals surface area contributed by atoms with Crippen LogP contribution in [-0.2, 0) is 5.41 Å². The Balaban J connectivity index is 2.35. The van der Waals surface area contributed by atoms with E-state index in [-0.39, 0.29) is 5.41 Å². The molecule has 2 rings (SSSR count). The largest absolute Gasteiger partial charge is 0.387 e. The fraction of sp³-hybridized carbons (Fsp3) is 0.625. The lowest BCUT2D eigenvalue weighted by atomic mass is 9.85. The Morgan fingerprint density at radius 2 is 1.95 bits per heavy atom. The highest BCUT2D eigenvalue weighted by atomic mass is 16.3. The molecular weight excluding hydrogens is 236 g/mol. The number of anilines is 1. The Morgan fingerprint density at radius 1 is 1.26 bits per heavy atom. The van der Waals surface area contributed by atoms with E-state index in [1.54, 1.807) is 0 Å². The highest BCUT2D eigenvalue weighted by molar-refractivity contribution is 5.56. The summed E-state index contributed by atoms with van der Waals surface area (Å²) in [6, 6.07) is 8.54. The number of nitrogens with zero attached hydrogens (tertiary/aromatic N) is 1. The third-order valence-corrected chi connectivity index (χ3v) is 3.65. The van der Waals surface area contributed by atoms with Crippen LogP contribution >= 0.6 is 0 Å². The van der Waals surface area contributed by atoms with E-state index < -0.39 is 5.60 Å². The Hall–Kier alpha value is -1.06. The van der Waals surface area contributed by atoms with E-state index >= 15 is 0 Å². The molecule has 0 spiro atoms. The van der Waals surface area contributed by atoms with Gasteiger partial charge in [0.05, 0.1) is 5.60 Å². The molecule has 1 saturated heterocycles. The average Bonchev–Trinajstić information content (AvgIpc) is 2.49. The smallest absolute Gasteiger partial charge is 0.0917 e. The van der Waals surface area contributed by atoms with Crippen molar-refractivity contribution < 1.29 is 5.11 Å². The molecule has 0 bridgehead atoms. The van der Waals surface area contributed by atoms with Crippen LogP contribution in [0, 0.1) is 0 Å². The second kappa shape index (κ2) is 5.14. The summed E-state index contributed by atoms with van der Waals surface area (Å²) in [4.78, 5) is 2.31. The summed E-state index contributed by atoms with van der Waals surface area (Å²) in [5.74, 6) is 0. The van der Waals surface area contributed by atoms with Crippen molar-refractivity contribution in [3.63, 3.8) is 0 Å². The van der Waals surface area contributed by atoms with E-state index in [4.69, 9.17) is 0 Å². The Kier molecular flexibility index (Phi) is 3.88. The van der Waals surface area contributed by atoms with Crippen LogP contribution in [0.3, 0.4) is 0 Å². The number of para-hydroxylation sites is 1. The second-order valence-electron chi connectivity index (χ2n) is 6.86. The van der Waals surface area contributed by atoms with E-state index in [9.17, 15) is 5.11 Å². The van der Waals surface area contributed by atoms with Crippen LogP contribution in [0.4, 0.5) is 5.69 Å². The first-order valence-corrected chi connectivity index (χ1v) is 7.07. The van der Waals surface area contributed by atoms with Crippen LogP contribution in [-0.4, -0.2) is 36.9 Å². The minimum atomic E-state index is -0.679. The van der Waals surface area contributed by atoms with Crippen LogP contribution in [0.15, 0.2) is 24.3 Å². The van der Waals surface area contributed by atoms with Gasteiger partial charge in [0.1, 0.15) is 0 Å². The van der Waals surface area contributed by atoms with Crippen LogP contribution in [0.25, 0.3) is 0 Å². The van der Waals surface area contributed by atoms with Gasteiger partial charge in [-0.05, 0) is 24.0 Å². The molecule has 2 N–H and O–H groups in total. The van der Waals surface area contributed by atoms with Gasteiger partial charge in [-0.1, -0.05) is 39.0 Å². The minimum Gasteiger partial charge on any atom is -0.387 e. The topological polar surface area (TPSA) is 35.5 Å². The van der Waals surface area contributed by atoms with Crippen molar-refractivity contribution in [1.82, 2.24) is 5.32 Å². The molecule has 1 heterocycles. The molecule has 1 aromatic carbocycles. The molecule has 3 heteroatoms. The standard InChI is InChI=1S/C16H26N2O/c1-15(2,3)13-7-5-6-8-14(13)18-10-9-17-11-16(4,19)12-18/h5-8,17,19H,9-12H2,1-4H3. The van der Waals surface area contributed by atoms with Gasteiger partial charge in [0.25, 0.3) is 0 Å². The molecule has 106 valence electrons. The molecule has 1 fully saturated rings. The lowest BCUT2D eigenvalue weighted by Gasteiger charge is -2.34. The molecule has 1 aromatic rings. The number of hydrogen-bond donors (Lipinski definition) is 2. The molecule has 1 atom stereocenters. The molecule has 3 nitrogen and oxygen atoms in total. The lowest BCUT2D eigenvalue weighted by Crippen LogP contribution is -2.43. The Morgan fingerprint density at radius 3 is 2.63 bits per heavy atom. The Bertz CT molecular complexity index is 435.